The molecule has 1 spiro atoms. The summed E-state index contributed by atoms with van der Waals surface area (Å²) in [6, 6.07) is 0.408. The van der Waals surface area contributed by atoms with Gasteiger partial charge in [0, 0.05) is 31.7 Å². The van der Waals surface area contributed by atoms with Crippen LogP contribution in [0.5, 0.6) is 0 Å². The van der Waals surface area contributed by atoms with Gasteiger partial charge < -0.3 is 15.0 Å². The van der Waals surface area contributed by atoms with E-state index >= 15 is 0 Å². The summed E-state index contributed by atoms with van der Waals surface area (Å²) in [6.07, 6.45) is 8.67. The fraction of sp³-hybridized carbons (Fsp3) is 0.941. The Morgan fingerprint density at radius 2 is 2.05 bits per heavy atom. The van der Waals surface area contributed by atoms with Gasteiger partial charge in [-0.15, -0.1) is 12.4 Å². The van der Waals surface area contributed by atoms with Crippen molar-refractivity contribution >= 4 is 18.3 Å². The lowest BCUT2D eigenvalue weighted by Crippen LogP contribution is -2.64. The van der Waals surface area contributed by atoms with Gasteiger partial charge in [-0.25, -0.2) is 0 Å². The summed E-state index contributed by atoms with van der Waals surface area (Å²) in [5.74, 6) is 0.543. The number of rotatable bonds is 4. The quantitative estimate of drug-likeness (QED) is 0.861. The maximum atomic E-state index is 12.8. The smallest absolute Gasteiger partial charge is 0.226 e. The van der Waals surface area contributed by atoms with Crippen LogP contribution in [0, 0.1) is 11.3 Å². The zero-order valence-electron chi connectivity index (χ0n) is 14.0. The Balaban J connectivity index is 0.00000176. The van der Waals surface area contributed by atoms with E-state index in [2.05, 4.69) is 17.1 Å². The molecular formula is C17H31ClN2O2. The van der Waals surface area contributed by atoms with Gasteiger partial charge in [0.25, 0.3) is 0 Å². The van der Waals surface area contributed by atoms with Crippen LogP contribution in [0.4, 0.5) is 0 Å². The number of halogens is 1. The molecule has 3 aliphatic rings. The molecule has 3 unspecified atom stereocenters. The van der Waals surface area contributed by atoms with Crippen LogP contribution in [0.2, 0.25) is 0 Å². The predicted molar refractivity (Wildman–Crippen MR) is 90.3 cm³/mol. The average molecular weight is 331 g/mol. The van der Waals surface area contributed by atoms with Gasteiger partial charge in [0.15, 0.2) is 0 Å². The maximum Gasteiger partial charge on any atom is 0.226 e. The van der Waals surface area contributed by atoms with Crippen molar-refractivity contribution in [1.29, 1.82) is 0 Å². The van der Waals surface area contributed by atoms with Crippen molar-refractivity contribution in [2.45, 2.75) is 64.0 Å². The number of hydrogen-bond acceptors (Lipinski definition) is 3. The van der Waals surface area contributed by atoms with Crippen LogP contribution in [0.25, 0.3) is 0 Å². The molecule has 22 heavy (non-hydrogen) atoms. The first-order valence-corrected chi connectivity index (χ1v) is 8.78. The van der Waals surface area contributed by atoms with E-state index in [1.54, 1.807) is 0 Å². The van der Waals surface area contributed by atoms with Crippen LogP contribution >= 0.6 is 12.4 Å². The molecule has 128 valence electrons. The number of amides is 1. The van der Waals surface area contributed by atoms with Gasteiger partial charge in [0.1, 0.15) is 0 Å². The molecule has 0 aromatic rings. The minimum absolute atomic E-state index is 0. The molecule has 0 radical (unpaired) electrons. The third kappa shape index (κ3) is 3.02. The molecule has 1 heterocycles. The fourth-order valence-corrected chi connectivity index (χ4v) is 4.90. The molecule has 0 aromatic carbocycles. The SMILES string of the molecule is CCOC1CC(N(C)C(=O)C2CCCNC2)C12CCCC2.Cl. The van der Waals surface area contributed by atoms with Crippen LogP contribution in [0.1, 0.15) is 51.9 Å². The first-order valence-electron chi connectivity index (χ1n) is 8.78. The monoisotopic (exact) mass is 330 g/mol. The van der Waals surface area contributed by atoms with E-state index in [1.807, 2.05) is 7.05 Å². The summed E-state index contributed by atoms with van der Waals surface area (Å²) in [4.78, 5) is 14.9. The van der Waals surface area contributed by atoms with Gasteiger partial charge in [-0.05, 0) is 45.6 Å². The number of piperidine rings is 1. The Hall–Kier alpha value is -0.320. The normalized spacial score (nSPS) is 33.1. The second-order valence-corrected chi connectivity index (χ2v) is 7.13. The van der Waals surface area contributed by atoms with Crippen LogP contribution in [0.3, 0.4) is 0 Å². The van der Waals surface area contributed by atoms with Crippen molar-refractivity contribution in [3.05, 3.63) is 0 Å². The fourth-order valence-electron chi connectivity index (χ4n) is 4.90. The lowest BCUT2D eigenvalue weighted by Gasteiger charge is -2.57. The van der Waals surface area contributed by atoms with E-state index in [0.29, 0.717) is 18.1 Å². The van der Waals surface area contributed by atoms with Gasteiger partial charge in [0.2, 0.25) is 5.91 Å². The van der Waals surface area contributed by atoms with E-state index in [9.17, 15) is 4.79 Å². The summed E-state index contributed by atoms with van der Waals surface area (Å²) >= 11 is 0. The van der Waals surface area contributed by atoms with Crippen molar-refractivity contribution in [3.8, 4) is 0 Å². The molecule has 3 rings (SSSR count). The number of carbonyl (C=O) groups excluding carboxylic acids is 1. The molecule has 3 fully saturated rings. The van der Waals surface area contributed by atoms with Crippen molar-refractivity contribution in [2.24, 2.45) is 11.3 Å². The number of hydrogen-bond donors (Lipinski definition) is 1. The molecule has 2 aliphatic carbocycles. The predicted octanol–water partition coefficient (Wildman–Crippen LogP) is 2.60. The second-order valence-electron chi connectivity index (χ2n) is 7.13. The number of nitrogens with one attached hydrogen (secondary N) is 1. The highest BCUT2D eigenvalue weighted by Gasteiger charge is 2.59. The Morgan fingerprint density at radius 1 is 1.32 bits per heavy atom. The third-order valence-electron chi connectivity index (χ3n) is 6.11. The largest absolute Gasteiger partial charge is 0.378 e. The minimum atomic E-state index is 0. The molecular weight excluding hydrogens is 300 g/mol. The molecule has 5 heteroatoms. The summed E-state index contributed by atoms with van der Waals surface area (Å²) in [6.45, 7) is 4.80. The summed E-state index contributed by atoms with van der Waals surface area (Å²) in [5.41, 5.74) is 0.266. The van der Waals surface area contributed by atoms with Gasteiger partial charge >= 0.3 is 0 Å². The molecule has 0 aromatic heterocycles. The van der Waals surface area contributed by atoms with Gasteiger partial charge in [0.05, 0.1) is 12.0 Å². The molecule has 3 atom stereocenters. The van der Waals surface area contributed by atoms with Crippen molar-refractivity contribution in [1.82, 2.24) is 10.2 Å². The van der Waals surface area contributed by atoms with Crippen LogP contribution < -0.4 is 5.32 Å². The van der Waals surface area contributed by atoms with Crippen molar-refractivity contribution in [2.75, 3.05) is 26.7 Å². The first-order chi connectivity index (χ1) is 10.2. The van der Waals surface area contributed by atoms with E-state index in [4.69, 9.17) is 4.74 Å². The van der Waals surface area contributed by atoms with Gasteiger partial charge in [-0.2, -0.15) is 0 Å². The molecule has 2 saturated carbocycles. The molecule has 4 nitrogen and oxygen atoms in total. The maximum absolute atomic E-state index is 12.8. The number of ether oxygens (including phenoxy) is 1. The van der Waals surface area contributed by atoms with E-state index < -0.39 is 0 Å². The Kier molecular flexibility index (Phi) is 6.14. The summed E-state index contributed by atoms with van der Waals surface area (Å²) in [5, 5.41) is 3.36. The second kappa shape index (κ2) is 7.50. The molecule has 1 saturated heterocycles. The van der Waals surface area contributed by atoms with Gasteiger partial charge in [-0.3, -0.25) is 4.79 Å². The topological polar surface area (TPSA) is 41.6 Å². The highest BCUT2D eigenvalue weighted by atomic mass is 35.5. The zero-order valence-corrected chi connectivity index (χ0v) is 14.8. The highest BCUT2D eigenvalue weighted by Crippen LogP contribution is 2.56. The van der Waals surface area contributed by atoms with Crippen molar-refractivity contribution in [3.63, 3.8) is 0 Å². The Bertz CT molecular complexity index is 379. The third-order valence-corrected chi connectivity index (χ3v) is 6.11. The molecule has 1 amide bonds. The Morgan fingerprint density at radius 3 is 2.64 bits per heavy atom. The number of nitrogens with zero attached hydrogens (tertiary/aromatic N) is 1. The Labute approximate surface area is 140 Å². The summed E-state index contributed by atoms with van der Waals surface area (Å²) < 4.78 is 5.97. The summed E-state index contributed by atoms with van der Waals surface area (Å²) in [7, 11) is 2.03. The molecule has 0 bridgehead atoms. The van der Waals surface area contributed by atoms with Crippen molar-refractivity contribution < 1.29 is 9.53 Å². The number of carbonyl (C=O) groups is 1. The van der Waals surface area contributed by atoms with Crippen LogP contribution in [-0.4, -0.2) is 49.7 Å². The standard InChI is InChI=1S/C17H30N2O2.ClH/c1-3-21-15-11-14(17(15)8-4-5-9-17)19(2)16(20)13-7-6-10-18-12-13;/h13-15,18H,3-12H2,1-2H3;1H. The van der Waals surface area contributed by atoms with Crippen LogP contribution in [0.15, 0.2) is 0 Å². The van der Waals surface area contributed by atoms with Crippen LogP contribution in [-0.2, 0) is 9.53 Å². The average Bonchev–Trinajstić information content (AvgIpc) is 3.03. The highest BCUT2D eigenvalue weighted by molar-refractivity contribution is 5.85. The first kappa shape index (κ1) is 18.0. The lowest BCUT2D eigenvalue weighted by molar-refractivity contribution is -0.175. The zero-order chi connectivity index (χ0) is 14.9. The van der Waals surface area contributed by atoms with E-state index in [0.717, 1.165) is 39.0 Å². The minimum Gasteiger partial charge on any atom is -0.378 e. The van der Waals surface area contributed by atoms with Gasteiger partial charge in [-0.1, -0.05) is 12.8 Å². The van der Waals surface area contributed by atoms with E-state index in [1.165, 1.54) is 25.7 Å². The lowest BCUT2D eigenvalue weighted by atomic mass is 9.60. The van der Waals surface area contributed by atoms with E-state index in [-0.39, 0.29) is 23.7 Å². The molecule has 1 N–H and O–H groups in total. The molecule has 1 aliphatic heterocycles.